The first-order valence-corrected chi connectivity index (χ1v) is 13.2. The zero-order chi connectivity index (χ0) is 29.3. The third-order valence-electron chi connectivity index (χ3n) is 7.67. The van der Waals surface area contributed by atoms with Crippen LogP contribution in [0.15, 0.2) is 46.0 Å². The van der Waals surface area contributed by atoms with Gasteiger partial charge in [-0.1, -0.05) is 30.4 Å². The fourth-order valence-electron chi connectivity index (χ4n) is 5.60. The monoisotopic (exact) mass is 565 g/mol. The van der Waals surface area contributed by atoms with E-state index in [1.165, 1.54) is 6.07 Å². The smallest absolute Gasteiger partial charge is 0.256 e. The number of likely N-dealkylation sites (tertiary alicyclic amines) is 1. The Kier molecular flexibility index (Phi) is 8.13. The number of β-amino-alcohol motifs (C(OH)–C–C–N with tert-alkyl or cyclic N) is 1. The molecular weight excluding hydrogens is 533 g/mol. The number of nitrogens with zero attached hydrogens (tertiary/aromatic N) is 3. The molecule has 0 amide bonds. The second-order valence-electron chi connectivity index (χ2n) is 10.3. The van der Waals surface area contributed by atoms with Crippen molar-refractivity contribution in [2.24, 2.45) is 5.92 Å². The van der Waals surface area contributed by atoms with Crippen molar-refractivity contribution < 1.29 is 19.7 Å². The average Bonchev–Trinajstić information content (AvgIpc) is 3.63. The lowest BCUT2D eigenvalue weighted by Crippen LogP contribution is -2.25. The maximum Gasteiger partial charge on any atom is 0.256 e. The Hall–Kier alpha value is -4.17. The van der Waals surface area contributed by atoms with Crippen molar-refractivity contribution in [3.8, 4) is 0 Å². The highest BCUT2D eigenvalue weighted by Gasteiger charge is 2.32. The number of hydrogen-bond donors (Lipinski definition) is 7. The molecule has 216 valence electrons. The van der Waals surface area contributed by atoms with E-state index >= 15 is 0 Å². The van der Waals surface area contributed by atoms with Gasteiger partial charge in [-0.2, -0.15) is 0 Å². The summed E-state index contributed by atoms with van der Waals surface area (Å²) in [5.74, 6) is -0.938. The largest absolute Gasteiger partial charge is 0.396 e. The van der Waals surface area contributed by atoms with E-state index < -0.39 is 17.8 Å². The van der Waals surface area contributed by atoms with Gasteiger partial charge < -0.3 is 26.8 Å². The van der Waals surface area contributed by atoms with Gasteiger partial charge in [0.05, 0.1) is 24.1 Å². The van der Waals surface area contributed by atoms with Crippen LogP contribution in [0.4, 0.5) is 16.3 Å². The zero-order valence-electron chi connectivity index (χ0n) is 22.2. The minimum Gasteiger partial charge on any atom is -0.396 e. The molecule has 3 heterocycles. The molecule has 2 unspecified atom stereocenters. The number of H-pyrrole nitrogens is 2. The molecule has 1 fully saturated rings. The number of rotatable bonds is 6. The lowest BCUT2D eigenvalue weighted by molar-refractivity contribution is 0.103. The van der Waals surface area contributed by atoms with E-state index in [0.29, 0.717) is 66.1 Å². The number of nitrogens with one attached hydrogen (secondary N) is 2. The van der Waals surface area contributed by atoms with Crippen molar-refractivity contribution in [3.05, 3.63) is 91.0 Å². The highest BCUT2D eigenvalue weighted by molar-refractivity contribution is 5.76. The third-order valence-corrected chi connectivity index (χ3v) is 7.67. The van der Waals surface area contributed by atoms with Crippen molar-refractivity contribution in [1.29, 1.82) is 0 Å². The summed E-state index contributed by atoms with van der Waals surface area (Å²) >= 11 is 0. The van der Waals surface area contributed by atoms with Crippen molar-refractivity contribution in [2.45, 2.75) is 24.9 Å². The number of halogens is 1. The van der Waals surface area contributed by atoms with Crippen LogP contribution in [0.5, 0.6) is 0 Å². The minimum atomic E-state index is -0.568. The van der Waals surface area contributed by atoms with E-state index in [9.17, 15) is 29.3 Å². The van der Waals surface area contributed by atoms with Crippen LogP contribution in [0.1, 0.15) is 34.0 Å². The van der Waals surface area contributed by atoms with Crippen LogP contribution >= 0.6 is 0 Å². The second kappa shape index (κ2) is 11.7. The van der Waals surface area contributed by atoms with E-state index in [0.717, 1.165) is 5.57 Å². The molecule has 9 N–H and O–H groups in total. The molecule has 1 aromatic carbocycles. The summed E-state index contributed by atoms with van der Waals surface area (Å²) in [6.45, 7) is 1.48. The molecule has 6 rings (SSSR count). The summed E-state index contributed by atoms with van der Waals surface area (Å²) in [5, 5.41) is 28.7. The molecule has 3 atom stereocenters. The summed E-state index contributed by atoms with van der Waals surface area (Å²) in [6, 6.07) is 6.25. The first-order valence-electron chi connectivity index (χ1n) is 13.2. The Morgan fingerprint density at radius 1 is 0.976 bits per heavy atom. The predicted octanol–water partition coefficient (Wildman–Crippen LogP) is -0.217. The van der Waals surface area contributed by atoms with Gasteiger partial charge >= 0.3 is 0 Å². The number of anilines is 2. The lowest BCUT2D eigenvalue weighted by atomic mass is 9.90. The van der Waals surface area contributed by atoms with Gasteiger partial charge in [-0.15, -0.1) is 0 Å². The van der Waals surface area contributed by atoms with Gasteiger partial charge in [-0.3, -0.25) is 24.5 Å². The molecule has 3 aromatic rings. The number of aliphatic hydroxyl groups is 3. The van der Waals surface area contributed by atoms with Crippen LogP contribution in [-0.2, 0) is 12.8 Å². The number of nitrogen functional groups attached to an aromatic ring is 2. The summed E-state index contributed by atoms with van der Waals surface area (Å²) in [5.41, 5.74) is 14.9. The number of aromatic amines is 2. The highest BCUT2D eigenvalue weighted by atomic mass is 19.1. The predicted molar refractivity (Wildman–Crippen MR) is 151 cm³/mol. The van der Waals surface area contributed by atoms with Crippen LogP contribution < -0.4 is 22.6 Å². The Morgan fingerprint density at radius 3 is 2.24 bits per heavy atom. The van der Waals surface area contributed by atoms with Gasteiger partial charge in [0.15, 0.2) is 0 Å². The SMILES string of the molecule is Nc1nc2c(c(=O)[nH]1)CC=C2CN1CC(O)C(CO)C1.Nc1nc2c(c(=O)[nH]1)CC=C2[C@@H](CO)c1ccccc1F. The molecule has 1 saturated heterocycles. The summed E-state index contributed by atoms with van der Waals surface area (Å²) in [6.07, 6.45) is 4.23. The molecule has 41 heavy (non-hydrogen) atoms. The summed E-state index contributed by atoms with van der Waals surface area (Å²) in [4.78, 5) is 39.0. The highest BCUT2D eigenvalue weighted by Crippen LogP contribution is 2.37. The van der Waals surface area contributed by atoms with Crippen LogP contribution in [0.3, 0.4) is 0 Å². The van der Waals surface area contributed by atoms with E-state index in [2.05, 4.69) is 24.8 Å². The Bertz CT molecular complexity index is 1630. The molecule has 2 aliphatic carbocycles. The molecular formula is C28H32FN7O5. The fourth-order valence-corrected chi connectivity index (χ4v) is 5.60. The van der Waals surface area contributed by atoms with Gasteiger partial charge in [0, 0.05) is 49.2 Å². The van der Waals surface area contributed by atoms with E-state index in [-0.39, 0.29) is 42.1 Å². The zero-order valence-corrected chi connectivity index (χ0v) is 22.2. The molecule has 0 spiro atoms. The van der Waals surface area contributed by atoms with Gasteiger partial charge in [0.25, 0.3) is 11.1 Å². The van der Waals surface area contributed by atoms with Gasteiger partial charge in [0.2, 0.25) is 11.9 Å². The number of aliphatic hydroxyl groups excluding tert-OH is 3. The normalized spacial score (nSPS) is 20.1. The minimum absolute atomic E-state index is 0.0109. The van der Waals surface area contributed by atoms with Crippen molar-refractivity contribution in [2.75, 3.05) is 44.3 Å². The number of benzene rings is 1. The second-order valence-corrected chi connectivity index (χ2v) is 10.3. The number of fused-ring (bicyclic) bond motifs is 2. The Morgan fingerprint density at radius 2 is 1.61 bits per heavy atom. The maximum absolute atomic E-state index is 14.0. The molecule has 0 bridgehead atoms. The lowest BCUT2D eigenvalue weighted by Gasteiger charge is -2.17. The quantitative estimate of drug-likeness (QED) is 0.209. The van der Waals surface area contributed by atoms with Crippen LogP contribution in [0, 0.1) is 11.7 Å². The molecule has 1 aliphatic heterocycles. The van der Waals surface area contributed by atoms with Gasteiger partial charge in [-0.05, 0) is 35.6 Å². The first-order chi connectivity index (χ1) is 19.7. The molecule has 2 aromatic heterocycles. The average molecular weight is 566 g/mol. The summed E-state index contributed by atoms with van der Waals surface area (Å²) in [7, 11) is 0. The molecule has 0 saturated carbocycles. The van der Waals surface area contributed by atoms with Crippen LogP contribution in [0.2, 0.25) is 0 Å². The standard InChI is InChI=1S/C15H14FN3O2.C13H18N4O3/c16-12-4-2-1-3-8(12)11(7-20)9-5-6-10-13(9)18-15(17)19-14(10)21;14-13-15-11-7(1-2-9(11)12(20)16-13)3-17-4-8(6-18)10(19)5-17/h1-5,11,20H,6-7H2,(H3,17,18,19,21);1,8,10,18-19H,2-6H2,(H3,14,15,16,20)/t11-;/m0./s1. The van der Waals surface area contributed by atoms with E-state index in [4.69, 9.17) is 11.5 Å². The van der Waals surface area contributed by atoms with Gasteiger partial charge in [-0.25, -0.2) is 14.4 Å². The molecule has 13 heteroatoms. The molecule has 0 radical (unpaired) electrons. The first kappa shape index (κ1) is 28.4. The Balaban J connectivity index is 0.000000165. The van der Waals surface area contributed by atoms with Gasteiger partial charge in [0.1, 0.15) is 5.82 Å². The van der Waals surface area contributed by atoms with Crippen molar-refractivity contribution in [1.82, 2.24) is 24.8 Å². The number of nitrogens with two attached hydrogens (primary N) is 2. The third kappa shape index (κ3) is 5.70. The van der Waals surface area contributed by atoms with Crippen LogP contribution in [0.25, 0.3) is 11.1 Å². The Labute approximate surface area is 233 Å². The number of aromatic nitrogens is 4. The number of allylic oxidation sites excluding steroid dienone is 2. The van der Waals surface area contributed by atoms with E-state index in [1.807, 2.05) is 6.08 Å². The van der Waals surface area contributed by atoms with Crippen LogP contribution in [-0.4, -0.2) is 79.1 Å². The van der Waals surface area contributed by atoms with Crippen molar-refractivity contribution in [3.63, 3.8) is 0 Å². The topological polar surface area (TPSA) is 207 Å². The molecule has 12 nitrogen and oxygen atoms in total. The van der Waals surface area contributed by atoms with Crippen molar-refractivity contribution >= 4 is 23.0 Å². The fraction of sp³-hybridized carbons (Fsp3) is 0.357. The number of hydrogen-bond acceptors (Lipinski definition) is 10. The maximum atomic E-state index is 14.0. The summed E-state index contributed by atoms with van der Waals surface area (Å²) < 4.78 is 14.0. The van der Waals surface area contributed by atoms with E-state index in [1.54, 1.807) is 24.3 Å². The molecule has 3 aliphatic rings.